The first-order chi connectivity index (χ1) is 18.5. The SMILES string of the molecule is CNC(C)C(=O)NC(C(=O)N1CC[C@@H]2Oc3ccc(OC)c(c3)/C=C\NC(=O)C(C(C)C)NC(=O)C21)C(C)C. The molecule has 2 heterocycles. The summed E-state index contributed by atoms with van der Waals surface area (Å²) >= 11 is 0. The van der Waals surface area contributed by atoms with E-state index in [1.54, 1.807) is 45.4 Å². The molecule has 214 valence electrons. The molecule has 1 aromatic rings. The third-order valence-electron chi connectivity index (χ3n) is 7.17. The molecular weight excluding hydrogens is 502 g/mol. The number of rotatable bonds is 7. The number of methoxy groups -OCH3 is 1. The van der Waals surface area contributed by atoms with Gasteiger partial charge in [-0.25, -0.2) is 0 Å². The summed E-state index contributed by atoms with van der Waals surface area (Å²) < 4.78 is 11.7. The van der Waals surface area contributed by atoms with Crippen LogP contribution in [-0.4, -0.2) is 79.5 Å². The second-order valence-electron chi connectivity index (χ2n) is 10.6. The number of likely N-dealkylation sites (tertiary alicyclic amines) is 1. The molecule has 1 fully saturated rings. The van der Waals surface area contributed by atoms with E-state index in [0.717, 1.165) is 0 Å². The smallest absolute Gasteiger partial charge is 0.247 e. The maximum atomic E-state index is 13.9. The molecule has 4 N–H and O–H groups in total. The Morgan fingerprint density at radius 3 is 2.46 bits per heavy atom. The van der Waals surface area contributed by atoms with E-state index in [0.29, 0.717) is 23.5 Å². The van der Waals surface area contributed by atoms with Gasteiger partial charge in [0.1, 0.15) is 35.7 Å². The maximum absolute atomic E-state index is 13.9. The van der Waals surface area contributed by atoms with Gasteiger partial charge >= 0.3 is 0 Å². The molecule has 4 unspecified atom stereocenters. The van der Waals surface area contributed by atoms with E-state index in [2.05, 4.69) is 21.3 Å². The zero-order chi connectivity index (χ0) is 28.9. The van der Waals surface area contributed by atoms with Crippen molar-refractivity contribution >= 4 is 29.7 Å². The number of amides is 4. The van der Waals surface area contributed by atoms with Gasteiger partial charge in [-0.3, -0.25) is 19.2 Å². The van der Waals surface area contributed by atoms with Crippen LogP contribution in [0, 0.1) is 11.8 Å². The van der Waals surface area contributed by atoms with Gasteiger partial charge in [-0.15, -0.1) is 0 Å². The Balaban J connectivity index is 2.01. The Labute approximate surface area is 230 Å². The van der Waals surface area contributed by atoms with Crippen LogP contribution < -0.4 is 30.7 Å². The lowest BCUT2D eigenvalue weighted by Gasteiger charge is -2.33. The van der Waals surface area contributed by atoms with Crippen LogP contribution in [0.15, 0.2) is 24.4 Å². The van der Waals surface area contributed by atoms with Crippen LogP contribution in [-0.2, 0) is 19.2 Å². The number of ether oxygens (including phenoxy) is 2. The normalized spacial score (nSPS) is 23.7. The number of hydrogen-bond acceptors (Lipinski definition) is 7. The number of carbonyl (C=O) groups is 4. The summed E-state index contributed by atoms with van der Waals surface area (Å²) in [6, 6.07) is 2.05. The van der Waals surface area contributed by atoms with Crippen LogP contribution in [0.25, 0.3) is 6.08 Å². The van der Waals surface area contributed by atoms with Crippen molar-refractivity contribution in [2.24, 2.45) is 11.8 Å². The number of nitrogens with one attached hydrogen (secondary N) is 4. The minimum absolute atomic E-state index is 0.223. The van der Waals surface area contributed by atoms with Gasteiger partial charge in [0.15, 0.2) is 0 Å². The first-order valence-corrected chi connectivity index (χ1v) is 13.4. The highest BCUT2D eigenvalue weighted by Crippen LogP contribution is 2.30. The molecule has 1 saturated heterocycles. The van der Waals surface area contributed by atoms with E-state index in [4.69, 9.17) is 9.47 Å². The fourth-order valence-electron chi connectivity index (χ4n) is 4.71. The van der Waals surface area contributed by atoms with Crippen LogP contribution in [0.1, 0.15) is 46.6 Å². The number of benzene rings is 1. The molecule has 0 aromatic heterocycles. The molecule has 0 spiro atoms. The summed E-state index contributed by atoms with van der Waals surface area (Å²) in [5, 5.41) is 11.3. The van der Waals surface area contributed by atoms with Gasteiger partial charge in [0.25, 0.3) is 0 Å². The van der Waals surface area contributed by atoms with Crippen LogP contribution >= 0.6 is 0 Å². The standard InChI is InChI=1S/C28H41N5O6/c1-15(2)22-26(35)30-12-10-18-14-19(8-9-20(18)38-7)39-21-11-13-33(24(21)27(36)31-22)28(37)23(16(3)4)32-25(34)17(5)29-6/h8-10,12,14-17,21-24,29H,11,13H2,1-7H3,(H,30,35)(H,31,36)(H,32,34)/b12-10-/t17?,21-,22?,23?,24?/m0/s1. The molecule has 11 nitrogen and oxygen atoms in total. The van der Waals surface area contributed by atoms with Crippen LogP contribution in [0.5, 0.6) is 11.5 Å². The lowest BCUT2D eigenvalue weighted by atomic mass is 10.0. The summed E-state index contributed by atoms with van der Waals surface area (Å²) in [6.07, 6.45) is 2.92. The third-order valence-corrected chi connectivity index (χ3v) is 7.17. The van der Waals surface area contributed by atoms with E-state index in [-0.39, 0.29) is 36.1 Å². The monoisotopic (exact) mass is 543 g/mol. The first kappa shape index (κ1) is 29.9. The van der Waals surface area contributed by atoms with Gasteiger partial charge in [-0.1, -0.05) is 27.7 Å². The number of likely N-dealkylation sites (N-methyl/N-ethyl adjacent to an activating group) is 1. The average Bonchev–Trinajstić information content (AvgIpc) is 3.32. The summed E-state index contributed by atoms with van der Waals surface area (Å²) in [7, 11) is 3.22. The predicted molar refractivity (Wildman–Crippen MR) is 147 cm³/mol. The van der Waals surface area contributed by atoms with Gasteiger partial charge in [-0.2, -0.15) is 0 Å². The van der Waals surface area contributed by atoms with Crippen molar-refractivity contribution in [2.45, 2.75) is 71.3 Å². The van der Waals surface area contributed by atoms with Crippen molar-refractivity contribution in [3.8, 4) is 11.5 Å². The maximum Gasteiger partial charge on any atom is 0.247 e. The molecule has 3 rings (SSSR count). The highest BCUT2D eigenvalue weighted by molar-refractivity contribution is 5.96. The van der Waals surface area contributed by atoms with E-state index < -0.39 is 36.2 Å². The molecule has 1 aromatic carbocycles. The zero-order valence-corrected chi connectivity index (χ0v) is 23.7. The van der Waals surface area contributed by atoms with Crippen molar-refractivity contribution in [3.05, 3.63) is 30.0 Å². The lowest BCUT2D eigenvalue weighted by molar-refractivity contribution is -0.144. The Morgan fingerprint density at radius 1 is 1.13 bits per heavy atom. The van der Waals surface area contributed by atoms with E-state index in [9.17, 15) is 19.2 Å². The second kappa shape index (κ2) is 13.0. The van der Waals surface area contributed by atoms with Crippen molar-refractivity contribution in [1.29, 1.82) is 0 Å². The Morgan fingerprint density at radius 2 is 1.85 bits per heavy atom. The van der Waals surface area contributed by atoms with Crippen LogP contribution in [0.2, 0.25) is 0 Å². The predicted octanol–water partition coefficient (Wildman–Crippen LogP) is 1.03. The summed E-state index contributed by atoms with van der Waals surface area (Å²) in [5.41, 5.74) is 0.679. The van der Waals surface area contributed by atoms with Crippen molar-refractivity contribution in [2.75, 3.05) is 20.7 Å². The molecule has 0 aliphatic carbocycles. The molecule has 5 atom stereocenters. The van der Waals surface area contributed by atoms with Crippen LogP contribution in [0.3, 0.4) is 0 Å². The van der Waals surface area contributed by atoms with Crippen molar-refractivity contribution in [3.63, 3.8) is 0 Å². The van der Waals surface area contributed by atoms with E-state index in [1.807, 2.05) is 27.7 Å². The number of nitrogens with zero attached hydrogens (tertiary/aromatic N) is 1. The fourth-order valence-corrected chi connectivity index (χ4v) is 4.71. The van der Waals surface area contributed by atoms with Crippen molar-refractivity contribution < 1.29 is 28.7 Å². The summed E-state index contributed by atoms with van der Waals surface area (Å²) in [4.78, 5) is 54.8. The fraction of sp³-hybridized carbons (Fsp3) is 0.571. The van der Waals surface area contributed by atoms with Gasteiger partial charge in [-0.05, 0) is 50.1 Å². The molecule has 2 aliphatic heterocycles. The van der Waals surface area contributed by atoms with E-state index in [1.165, 1.54) is 11.1 Å². The van der Waals surface area contributed by atoms with Crippen LogP contribution in [0.4, 0.5) is 0 Å². The molecule has 11 heteroatoms. The number of fused-ring (bicyclic) bond motifs is 3. The van der Waals surface area contributed by atoms with Gasteiger partial charge in [0.2, 0.25) is 23.6 Å². The molecule has 0 saturated carbocycles. The van der Waals surface area contributed by atoms with E-state index >= 15 is 0 Å². The van der Waals surface area contributed by atoms with Gasteiger partial charge < -0.3 is 35.6 Å². The molecule has 4 amide bonds. The minimum Gasteiger partial charge on any atom is -0.496 e. The molecule has 2 bridgehead atoms. The largest absolute Gasteiger partial charge is 0.496 e. The summed E-state index contributed by atoms with van der Waals surface area (Å²) in [6.45, 7) is 9.30. The van der Waals surface area contributed by atoms with Gasteiger partial charge in [0.05, 0.1) is 13.2 Å². The minimum atomic E-state index is -1.01. The Hall–Kier alpha value is -3.60. The lowest BCUT2D eigenvalue weighted by Crippen LogP contribution is -2.61. The average molecular weight is 544 g/mol. The first-order valence-electron chi connectivity index (χ1n) is 13.4. The van der Waals surface area contributed by atoms with Crippen molar-refractivity contribution in [1.82, 2.24) is 26.2 Å². The molecular formula is C28H41N5O6. The van der Waals surface area contributed by atoms with Gasteiger partial charge in [0, 0.05) is 24.7 Å². The number of hydrogen-bond donors (Lipinski definition) is 4. The Kier molecular flexibility index (Phi) is 9.96. The Bertz CT molecular complexity index is 1100. The highest BCUT2D eigenvalue weighted by atomic mass is 16.5. The number of carbonyl (C=O) groups excluding carboxylic acids is 4. The topological polar surface area (TPSA) is 138 Å². The zero-order valence-electron chi connectivity index (χ0n) is 23.7. The molecule has 0 radical (unpaired) electrons. The summed E-state index contributed by atoms with van der Waals surface area (Å²) in [5.74, 6) is -0.935. The molecule has 39 heavy (non-hydrogen) atoms. The highest BCUT2D eigenvalue weighted by Gasteiger charge is 2.47. The second-order valence-corrected chi connectivity index (χ2v) is 10.6. The quantitative estimate of drug-likeness (QED) is 0.403. The third kappa shape index (κ3) is 6.89. The molecule has 2 aliphatic rings.